The molecule has 1 aliphatic rings. The molecular formula is C13H21ClN4S. The molecule has 19 heavy (non-hydrogen) atoms. The second-order valence-electron chi connectivity index (χ2n) is 5.02. The Labute approximate surface area is 124 Å². The Morgan fingerprint density at radius 3 is 2.84 bits per heavy atom. The smallest absolute Gasteiger partial charge is 0.190 e. The van der Waals surface area contributed by atoms with E-state index in [9.17, 15) is 0 Å². The minimum Gasteiger partial charge on any atom is -0.370 e. The fraction of sp³-hybridized carbons (Fsp3) is 0.692. The van der Waals surface area contributed by atoms with Crippen molar-refractivity contribution in [2.75, 3.05) is 38.3 Å². The van der Waals surface area contributed by atoms with Crippen LogP contribution in [-0.4, -0.2) is 47.8 Å². The molecule has 0 radical (unpaired) electrons. The molecule has 0 aromatic carbocycles. The van der Waals surface area contributed by atoms with Gasteiger partial charge in [0.2, 0.25) is 0 Å². The fourth-order valence-electron chi connectivity index (χ4n) is 2.33. The Morgan fingerprint density at radius 1 is 1.42 bits per heavy atom. The quantitative estimate of drug-likeness (QED) is 0.514. The molecule has 2 rings (SSSR count). The van der Waals surface area contributed by atoms with Crippen LogP contribution < -0.4 is 5.32 Å². The standard InChI is InChI=1S/C13H21ClN4S/c1-18-7-4-10(5-8-18)3-6-15-12-9-11(14)16-13(17-12)19-2/h9-10H,3-8H2,1-2H3,(H,15,16,17). The first-order chi connectivity index (χ1) is 9.17. The SMILES string of the molecule is CSc1nc(Cl)cc(NCCC2CCN(C)CC2)n1. The molecule has 6 heteroatoms. The summed E-state index contributed by atoms with van der Waals surface area (Å²) in [5.41, 5.74) is 0. The molecular weight excluding hydrogens is 280 g/mol. The summed E-state index contributed by atoms with van der Waals surface area (Å²) < 4.78 is 0. The number of thioether (sulfide) groups is 1. The van der Waals surface area contributed by atoms with Gasteiger partial charge in [-0.2, -0.15) is 0 Å². The zero-order valence-electron chi connectivity index (χ0n) is 11.5. The Morgan fingerprint density at radius 2 is 2.16 bits per heavy atom. The molecule has 0 saturated carbocycles. The lowest BCUT2D eigenvalue weighted by molar-refractivity contribution is 0.215. The van der Waals surface area contributed by atoms with Crippen LogP contribution >= 0.6 is 23.4 Å². The van der Waals surface area contributed by atoms with Crippen molar-refractivity contribution in [3.63, 3.8) is 0 Å². The van der Waals surface area contributed by atoms with Gasteiger partial charge in [-0.05, 0) is 51.6 Å². The van der Waals surface area contributed by atoms with Gasteiger partial charge in [-0.25, -0.2) is 9.97 Å². The van der Waals surface area contributed by atoms with Crippen LogP contribution in [0.25, 0.3) is 0 Å². The topological polar surface area (TPSA) is 41.1 Å². The van der Waals surface area contributed by atoms with Crippen LogP contribution in [0, 0.1) is 5.92 Å². The van der Waals surface area contributed by atoms with Crippen LogP contribution in [0.1, 0.15) is 19.3 Å². The van der Waals surface area contributed by atoms with Gasteiger partial charge in [0, 0.05) is 12.6 Å². The Kier molecular flexibility index (Phi) is 5.73. The number of nitrogens with one attached hydrogen (secondary N) is 1. The average molecular weight is 301 g/mol. The Bertz CT molecular complexity index is 408. The molecule has 0 bridgehead atoms. The minimum absolute atomic E-state index is 0.501. The van der Waals surface area contributed by atoms with Crippen molar-refractivity contribution in [2.45, 2.75) is 24.4 Å². The molecule has 1 aromatic rings. The molecule has 1 fully saturated rings. The summed E-state index contributed by atoms with van der Waals surface area (Å²) in [6, 6.07) is 1.79. The van der Waals surface area contributed by atoms with E-state index in [0.717, 1.165) is 18.3 Å². The lowest BCUT2D eigenvalue weighted by atomic mass is 9.94. The molecule has 1 N–H and O–H groups in total. The molecule has 4 nitrogen and oxygen atoms in total. The van der Waals surface area contributed by atoms with Crippen molar-refractivity contribution in [1.29, 1.82) is 0 Å². The monoisotopic (exact) mass is 300 g/mol. The van der Waals surface area contributed by atoms with E-state index >= 15 is 0 Å². The van der Waals surface area contributed by atoms with Gasteiger partial charge in [-0.1, -0.05) is 23.4 Å². The van der Waals surface area contributed by atoms with Gasteiger partial charge in [-0.15, -0.1) is 0 Å². The van der Waals surface area contributed by atoms with Crippen molar-refractivity contribution in [1.82, 2.24) is 14.9 Å². The zero-order valence-corrected chi connectivity index (χ0v) is 13.1. The maximum absolute atomic E-state index is 5.96. The van der Waals surface area contributed by atoms with E-state index in [1.54, 1.807) is 6.07 Å². The number of hydrogen-bond donors (Lipinski definition) is 1. The highest BCUT2D eigenvalue weighted by atomic mass is 35.5. The van der Waals surface area contributed by atoms with Crippen molar-refractivity contribution >= 4 is 29.2 Å². The number of hydrogen-bond acceptors (Lipinski definition) is 5. The van der Waals surface area contributed by atoms with Gasteiger partial charge in [0.15, 0.2) is 5.16 Å². The normalized spacial score (nSPS) is 17.6. The predicted octanol–water partition coefficient (Wildman–Crippen LogP) is 3.00. The summed E-state index contributed by atoms with van der Waals surface area (Å²) in [4.78, 5) is 10.9. The molecule has 1 saturated heterocycles. The lowest BCUT2D eigenvalue weighted by Gasteiger charge is -2.28. The van der Waals surface area contributed by atoms with Gasteiger partial charge in [-0.3, -0.25) is 0 Å². The largest absolute Gasteiger partial charge is 0.370 e. The van der Waals surface area contributed by atoms with E-state index < -0.39 is 0 Å². The molecule has 0 spiro atoms. The second kappa shape index (κ2) is 7.31. The third kappa shape index (κ3) is 4.82. The number of anilines is 1. The zero-order chi connectivity index (χ0) is 13.7. The van der Waals surface area contributed by atoms with E-state index in [-0.39, 0.29) is 0 Å². The molecule has 1 aliphatic heterocycles. The van der Waals surface area contributed by atoms with Gasteiger partial charge in [0.25, 0.3) is 0 Å². The fourth-order valence-corrected chi connectivity index (χ4v) is 2.95. The highest BCUT2D eigenvalue weighted by Crippen LogP contribution is 2.20. The van der Waals surface area contributed by atoms with Gasteiger partial charge in [0.05, 0.1) is 0 Å². The second-order valence-corrected chi connectivity index (χ2v) is 6.19. The number of rotatable bonds is 5. The molecule has 106 valence electrons. The van der Waals surface area contributed by atoms with Crippen LogP contribution in [-0.2, 0) is 0 Å². The first kappa shape index (κ1) is 14.9. The lowest BCUT2D eigenvalue weighted by Crippen LogP contribution is -2.30. The summed E-state index contributed by atoms with van der Waals surface area (Å²) >= 11 is 7.47. The average Bonchev–Trinajstić information content (AvgIpc) is 2.40. The van der Waals surface area contributed by atoms with Crippen molar-refractivity contribution < 1.29 is 0 Å². The molecule has 0 unspecified atom stereocenters. The number of likely N-dealkylation sites (tertiary alicyclic amines) is 1. The first-order valence-corrected chi connectivity index (χ1v) is 8.28. The Balaban J connectivity index is 1.77. The minimum atomic E-state index is 0.501. The molecule has 0 atom stereocenters. The highest BCUT2D eigenvalue weighted by Gasteiger charge is 2.16. The number of aromatic nitrogens is 2. The summed E-state index contributed by atoms with van der Waals surface area (Å²) in [7, 11) is 2.20. The van der Waals surface area contributed by atoms with E-state index in [1.807, 2.05) is 6.26 Å². The van der Waals surface area contributed by atoms with Crippen LogP contribution in [0.2, 0.25) is 5.15 Å². The highest BCUT2D eigenvalue weighted by molar-refractivity contribution is 7.98. The molecule has 2 heterocycles. The van der Waals surface area contributed by atoms with E-state index in [4.69, 9.17) is 11.6 Å². The third-order valence-corrected chi connectivity index (χ3v) is 4.30. The summed E-state index contributed by atoms with van der Waals surface area (Å²) in [5.74, 6) is 1.67. The van der Waals surface area contributed by atoms with Gasteiger partial charge < -0.3 is 10.2 Å². The molecule has 1 aromatic heterocycles. The van der Waals surface area contributed by atoms with Crippen LogP contribution in [0.15, 0.2) is 11.2 Å². The molecule has 0 aliphatic carbocycles. The predicted molar refractivity (Wildman–Crippen MR) is 82.2 cm³/mol. The number of piperidine rings is 1. The number of nitrogens with zero attached hydrogens (tertiary/aromatic N) is 3. The third-order valence-electron chi connectivity index (χ3n) is 3.55. The van der Waals surface area contributed by atoms with Crippen LogP contribution in [0.5, 0.6) is 0 Å². The maximum atomic E-state index is 5.96. The van der Waals surface area contributed by atoms with Crippen LogP contribution in [0.3, 0.4) is 0 Å². The van der Waals surface area contributed by atoms with Crippen molar-refractivity contribution in [3.05, 3.63) is 11.2 Å². The van der Waals surface area contributed by atoms with Crippen LogP contribution in [0.4, 0.5) is 5.82 Å². The van der Waals surface area contributed by atoms with Gasteiger partial charge >= 0.3 is 0 Å². The van der Waals surface area contributed by atoms with E-state index in [1.165, 1.54) is 44.1 Å². The summed E-state index contributed by atoms with van der Waals surface area (Å²) in [5, 5.41) is 4.57. The van der Waals surface area contributed by atoms with E-state index in [0.29, 0.717) is 10.3 Å². The summed E-state index contributed by atoms with van der Waals surface area (Å²) in [6.07, 6.45) is 5.76. The van der Waals surface area contributed by atoms with Crippen molar-refractivity contribution in [3.8, 4) is 0 Å². The maximum Gasteiger partial charge on any atom is 0.190 e. The molecule has 0 amide bonds. The van der Waals surface area contributed by atoms with Gasteiger partial charge in [0.1, 0.15) is 11.0 Å². The summed E-state index contributed by atoms with van der Waals surface area (Å²) in [6.45, 7) is 3.40. The van der Waals surface area contributed by atoms with Crippen molar-refractivity contribution in [2.24, 2.45) is 5.92 Å². The Hall–Kier alpha value is -0.520. The van der Waals surface area contributed by atoms with E-state index in [2.05, 4.69) is 27.2 Å². The number of halogens is 1. The first-order valence-electron chi connectivity index (χ1n) is 6.68.